The molecule has 0 aliphatic rings. The van der Waals surface area contributed by atoms with Gasteiger partial charge in [0.2, 0.25) is 0 Å². The van der Waals surface area contributed by atoms with Crippen molar-refractivity contribution in [2.75, 3.05) is 20.7 Å². The van der Waals surface area contributed by atoms with E-state index in [1.807, 2.05) is 10.6 Å². The lowest BCUT2D eigenvalue weighted by atomic mass is 10.1. The minimum atomic E-state index is 0. The third kappa shape index (κ3) is 7.29. The van der Waals surface area contributed by atoms with Crippen molar-refractivity contribution in [3.05, 3.63) is 42.0 Å². The molecular weight excluding hydrogens is 431 g/mol. The van der Waals surface area contributed by atoms with Crippen LogP contribution in [0.15, 0.2) is 35.8 Å². The van der Waals surface area contributed by atoms with Crippen molar-refractivity contribution in [3.8, 4) is 5.75 Å². The number of rotatable bonds is 8. The van der Waals surface area contributed by atoms with E-state index in [2.05, 4.69) is 44.9 Å². The largest absolute Gasteiger partial charge is 0.496 e. The van der Waals surface area contributed by atoms with Gasteiger partial charge in [-0.25, -0.2) is 0 Å². The van der Waals surface area contributed by atoms with Crippen LogP contribution in [0, 0.1) is 6.92 Å². The summed E-state index contributed by atoms with van der Waals surface area (Å²) in [6.45, 7) is 4.53. The Balaban J connectivity index is 0.00000312. The summed E-state index contributed by atoms with van der Waals surface area (Å²) >= 11 is 0. The van der Waals surface area contributed by atoms with Gasteiger partial charge >= 0.3 is 0 Å². The number of methoxy groups -OCH3 is 1. The van der Waals surface area contributed by atoms with Gasteiger partial charge in [0.05, 0.1) is 7.11 Å². The summed E-state index contributed by atoms with van der Waals surface area (Å²) < 4.78 is 7.41. The number of guanidine groups is 1. The molecule has 0 spiro atoms. The van der Waals surface area contributed by atoms with Crippen LogP contribution in [0.3, 0.4) is 0 Å². The molecule has 0 saturated carbocycles. The molecule has 2 N–H and O–H groups in total. The van der Waals surface area contributed by atoms with Gasteiger partial charge in [-0.3, -0.25) is 4.99 Å². The van der Waals surface area contributed by atoms with Gasteiger partial charge in [0.25, 0.3) is 0 Å². The molecule has 1 heterocycles. The highest BCUT2D eigenvalue weighted by Crippen LogP contribution is 2.19. The first kappa shape index (κ1) is 21.2. The lowest BCUT2D eigenvalue weighted by Gasteiger charge is -2.14. The summed E-state index contributed by atoms with van der Waals surface area (Å²) in [7, 11) is 3.47. The van der Waals surface area contributed by atoms with Crippen LogP contribution in [0.5, 0.6) is 5.75 Å². The van der Waals surface area contributed by atoms with E-state index < -0.39 is 0 Å². The summed E-state index contributed by atoms with van der Waals surface area (Å²) in [6, 6.07) is 6.20. The van der Waals surface area contributed by atoms with Crippen LogP contribution >= 0.6 is 24.0 Å². The number of unbranched alkanes of at least 4 members (excludes halogenated alkanes) is 1. The van der Waals surface area contributed by atoms with E-state index in [0.717, 1.165) is 43.2 Å². The molecule has 0 radical (unpaired) electrons. The van der Waals surface area contributed by atoms with E-state index in [9.17, 15) is 0 Å². The van der Waals surface area contributed by atoms with Crippen LogP contribution < -0.4 is 15.4 Å². The lowest BCUT2D eigenvalue weighted by Crippen LogP contribution is -2.37. The number of nitrogens with zero attached hydrogens (tertiary/aromatic N) is 4. The molecule has 0 saturated heterocycles. The maximum Gasteiger partial charge on any atom is 0.191 e. The topological polar surface area (TPSA) is 76.4 Å². The molecule has 0 fully saturated rings. The van der Waals surface area contributed by atoms with E-state index in [0.29, 0.717) is 6.54 Å². The van der Waals surface area contributed by atoms with Crippen molar-refractivity contribution in [1.29, 1.82) is 0 Å². The van der Waals surface area contributed by atoms with E-state index in [1.165, 1.54) is 5.56 Å². The molecule has 0 bridgehead atoms. The second-order valence-corrected chi connectivity index (χ2v) is 5.57. The molecule has 8 heteroatoms. The molecule has 2 aromatic rings. The Bertz CT molecular complexity index is 645. The molecule has 1 aromatic carbocycles. The van der Waals surface area contributed by atoms with E-state index >= 15 is 0 Å². The second kappa shape index (κ2) is 11.7. The molecule has 0 atom stereocenters. The number of aryl methyl sites for hydroxylation is 2. The maximum absolute atomic E-state index is 5.43. The highest BCUT2D eigenvalue weighted by atomic mass is 127. The average molecular weight is 458 g/mol. The number of ether oxygens (including phenoxy) is 1. The quantitative estimate of drug-likeness (QED) is 0.275. The predicted molar refractivity (Wildman–Crippen MR) is 111 cm³/mol. The molecule has 1 aromatic heterocycles. The molecule has 0 amide bonds. The molecule has 0 aliphatic carbocycles. The number of halogens is 1. The Morgan fingerprint density at radius 3 is 2.64 bits per heavy atom. The van der Waals surface area contributed by atoms with Gasteiger partial charge in [-0.05, 0) is 31.4 Å². The number of aliphatic imine (C=N–C) groups is 1. The smallest absolute Gasteiger partial charge is 0.191 e. The van der Waals surface area contributed by atoms with E-state index in [-0.39, 0.29) is 24.0 Å². The molecule has 7 nitrogen and oxygen atoms in total. The number of nitrogens with one attached hydrogen (secondary N) is 2. The van der Waals surface area contributed by atoms with Crippen LogP contribution in [0.2, 0.25) is 0 Å². The Morgan fingerprint density at radius 1 is 1.20 bits per heavy atom. The third-order valence-corrected chi connectivity index (χ3v) is 3.71. The highest BCUT2D eigenvalue weighted by molar-refractivity contribution is 14.0. The first-order valence-electron chi connectivity index (χ1n) is 8.13. The summed E-state index contributed by atoms with van der Waals surface area (Å²) in [4.78, 5) is 4.25. The Kier molecular flexibility index (Phi) is 9.90. The molecule has 2 rings (SSSR count). The normalized spacial score (nSPS) is 10.9. The zero-order valence-corrected chi connectivity index (χ0v) is 17.4. The fourth-order valence-electron chi connectivity index (χ4n) is 2.36. The van der Waals surface area contributed by atoms with Gasteiger partial charge in [-0.15, -0.1) is 34.2 Å². The van der Waals surface area contributed by atoms with Crippen LogP contribution in [-0.4, -0.2) is 41.4 Å². The first-order valence-corrected chi connectivity index (χ1v) is 8.13. The van der Waals surface area contributed by atoms with Crippen molar-refractivity contribution in [3.63, 3.8) is 0 Å². The zero-order valence-electron chi connectivity index (χ0n) is 15.0. The standard InChI is InChI=1S/C17H26N6O.HI/c1-14-6-7-15(16(10-14)24-3)11-20-17(18-2)19-8-4-5-9-23-12-21-22-13-23;/h6-7,10,12-13H,4-5,8-9,11H2,1-3H3,(H2,18,19,20);1H. The molecule has 138 valence electrons. The Labute approximate surface area is 166 Å². The van der Waals surface area contributed by atoms with Crippen molar-refractivity contribution in [2.45, 2.75) is 32.9 Å². The van der Waals surface area contributed by atoms with Gasteiger partial charge in [-0.1, -0.05) is 12.1 Å². The van der Waals surface area contributed by atoms with Crippen molar-refractivity contribution in [1.82, 2.24) is 25.4 Å². The van der Waals surface area contributed by atoms with Crippen molar-refractivity contribution < 1.29 is 4.74 Å². The molecule has 0 aliphatic heterocycles. The van der Waals surface area contributed by atoms with Gasteiger partial charge in [0, 0.05) is 32.2 Å². The monoisotopic (exact) mass is 458 g/mol. The van der Waals surface area contributed by atoms with Crippen LogP contribution in [0.4, 0.5) is 0 Å². The summed E-state index contributed by atoms with van der Waals surface area (Å²) in [5.41, 5.74) is 2.30. The van der Waals surface area contributed by atoms with Gasteiger partial charge in [0.1, 0.15) is 18.4 Å². The second-order valence-electron chi connectivity index (χ2n) is 5.57. The fourth-order valence-corrected chi connectivity index (χ4v) is 2.36. The molecule has 25 heavy (non-hydrogen) atoms. The predicted octanol–water partition coefficient (Wildman–Crippen LogP) is 2.36. The number of hydrogen-bond donors (Lipinski definition) is 2. The summed E-state index contributed by atoms with van der Waals surface area (Å²) in [5, 5.41) is 14.2. The van der Waals surface area contributed by atoms with Gasteiger partial charge in [0.15, 0.2) is 5.96 Å². The number of aromatic nitrogens is 3. The zero-order chi connectivity index (χ0) is 17.2. The SMILES string of the molecule is CN=C(NCCCCn1cnnc1)NCc1ccc(C)cc1OC.I. The summed E-state index contributed by atoms with van der Waals surface area (Å²) in [5.74, 6) is 1.69. The fraction of sp³-hybridized carbons (Fsp3) is 0.471. The maximum atomic E-state index is 5.43. The number of benzene rings is 1. The first-order chi connectivity index (χ1) is 11.7. The number of hydrogen-bond acceptors (Lipinski definition) is 4. The minimum absolute atomic E-state index is 0. The van der Waals surface area contributed by atoms with E-state index in [1.54, 1.807) is 26.8 Å². The highest BCUT2D eigenvalue weighted by Gasteiger charge is 2.04. The van der Waals surface area contributed by atoms with E-state index in [4.69, 9.17) is 4.74 Å². The van der Waals surface area contributed by atoms with Gasteiger partial charge < -0.3 is 19.9 Å². The summed E-state index contributed by atoms with van der Waals surface area (Å²) in [6.07, 6.45) is 5.59. The third-order valence-electron chi connectivity index (χ3n) is 3.71. The lowest BCUT2D eigenvalue weighted by molar-refractivity contribution is 0.408. The van der Waals surface area contributed by atoms with Gasteiger partial charge in [-0.2, -0.15) is 0 Å². The van der Waals surface area contributed by atoms with Crippen molar-refractivity contribution >= 4 is 29.9 Å². The average Bonchev–Trinajstić information content (AvgIpc) is 3.11. The Hall–Kier alpha value is -1.84. The van der Waals surface area contributed by atoms with Crippen molar-refractivity contribution in [2.24, 2.45) is 4.99 Å². The Morgan fingerprint density at radius 2 is 1.96 bits per heavy atom. The molecular formula is C17H27IN6O. The van der Waals surface area contributed by atoms with Crippen LogP contribution in [-0.2, 0) is 13.1 Å². The molecule has 0 unspecified atom stereocenters. The minimum Gasteiger partial charge on any atom is -0.496 e. The van der Waals surface area contributed by atoms with Crippen LogP contribution in [0.25, 0.3) is 0 Å². The van der Waals surface area contributed by atoms with Crippen LogP contribution in [0.1, 0.15) is 24.0 Å².